The molecule has 119 valence electrons. The molecule has 1 radical (unpaired) electrons. The predicted octanol–water partition coefficient (Wildman–Crippen LogP) is 6.09. The van der Waals surface area contributed by atoms with Gasteiger partial charge in [0.15, 0.2) is 0 Å². The first kappa shape index (κ1) is 18.0. The molecule has 1 fully saturated rings. The van der Waals surface area contributed by atoms with Crippen LogP contribution in [0, 0.1) is 5.92 Å². The Morgan fingerprint density at radius 3 is 2.05 bits per heavy atom. The van der Waals surface area contributed by atoms with Crippen molar-refractivity contribution in [2.75, 3.05) is 6.54 Å². The Hall–Kier alpha value is -0.0400. The molecule has 0 bridgehead atoms. The van der Waals surface area contributed by atoms with E-state index in [2.05, 4.69) is 13.8 Å². The van der Waals surface area contributed by atoms with Gasteiger partial charge in [0.1, 0.15) is 0 Å². The van der Waals surface area contributed by atoms with E-state index in [1.165, 1.54) is 89.9 Å². The fourth-order valence-corrected chi connectivity index (χ4v) is 3.54. The maximum Gasteiger partial charge on any atom is 0.0274 e. The van der Waals surface area contributed by atoms with Gasteiger partial charge in [-0.1, -0.05) is 78.1 Å². The van der Waals surface area contributed by atoms with Gasteiger partial charge in [-0.25, -0.2) is 5.32 Å². The lowest BCUT2D eigenvalue weighted by molar-refractivity contribution is 0.322. The molecule has 20 heavy (non-hydrogen) atoms. The molecule has 0 spiro atoms. The van der Waals surface area contributed by atoms with E-state index >= 15 is 0 Å². The van der Waals surface area contributed by atoms with Crippen LogP contribution in [0.1, 0.15) is 104 Å². The molecule has 1 rings (SSSR count). The van der Waals surface area contributed by atoms with Gasteiger partial charge in [-0.05, 0) is 31.6 Å². The topological polar surface area (TPSA) is 14.1 Å². The monoisotopic (exact) mass is 280 g/mol. The van der Waals surface area contributed by atoms with Gasteiger partial charge in [0.25, 0.3) is 0 Å². The molecule has 0 heterocycles. The van der Waals surface area contributed by atoms with Crippen molar-refractivity contribution in [3.8, 4) is 0 Å². The zero-order valence-electron chi connectivity index (χ0n) is 14.2. The van der Waals surface area contributed by atoms with Gasteiger partial charge in [0.2, 0.25) is 0 Å². The highest BCUT2D eigenvalue weighted by molar-refractivity contribution is 4.80. The largest absolute Gasteiger partial charge is 0.238 e. The Morgan fingerprint density at radius 1 is 0.800 bits per heavy atom. The van der Waals surface area contributed by atoms with Crippen LogP contribution < -0.4 is 5.32 Å². The summed E-state index contributed by atoms with van der Waals surface area (Å²) in [5.74, 6) is 0.937. The average Bonchev–Trinajstić information content (AvgIpc) is 2.98. The molecule has 1 nitrogen and oxygen atoms in total. The highest BCUT2D eigenvalue weighted by Crippen LogP contribution is 2.30. The van der Waals surface area contributed by atoms with Crippen molar-refractivity contribution in [2.24, 2.45) is 5.92 Å². The highest BCUT2D eigenvalue weighted by Gasteiger charge is 2.24. The van der Waals surface area contributed by atoms with Crippen molar-refractivity contribution in [1.29, 1.82) is 0 Å². The summed E-state index contributed by atoms with van der Waals surface area (Å²) in [5, 5.41) is 5.04. The molecular weight excluding hydrogens is 242 g/mol. The summed E-state index contributed by atoms with van der Waals surface area (Å²) >= 11 is 0. The van der Waals surface area contributed by atoms with Crippen molar-refractivity contribution in [1.82, 2.24) is 5.32 Å². The summed E-state index contributed by atoms with van der Waals surface area (Å²) in [6, 6.07) is 0.708. The van der Waals surface area contributed by atoms with Crippen molar-refractivity contribution < 1.29 is 0 Å². The Bertz CT molecular complexity index is 196. The van der Waals surface area contributed by atoms with Crippen LogP contribution in [-0.4, -0.2) is 12.6 Å². The molecular formula is C19H38N. The molecule has 1 aliphatic rings. The summed E-state index contributed by atoms with van der Waals surface area (Å²) < 4.78 is 0. The van der Waals surface area contributed by atoms with E-state index in [9.17, 15) is 0 Å². The molecule has 1 aliphatic carbocycles. The third-order valence-electron chi connectivity index (χ3n) is 4.92. The second-order valence-corrected chi connectivity index (χ2v) is 6.78. The molecule has 0 saturated heterocycles. The molecule has 1 saturated carbocycles. The van der Waals surface area contributed by atoms with E-state index in [1.807, 2.05) is 0 Å². The number of unbranched alkanes of at least 4 members (excludes halogenated alkanes) is 7. The van der Waals surface area contributed by atoms with Gasteiger partial charge in [-0.3, -0.25) is 0 Å². The Labute approximate surface area is 128 Å². The normalized spacial score (nSPS) is 17.7. The predicted molar refractivity (Wildman–Crippen MR) is 90.3 cm³/mol. The lowest BCUT2D eigenvalue weighted by Crippen LogP contribution is -2.30. The first-order valence-electron chi connectivity index (χ1n) is 9.55. The summed E-state index contributed by atoms with van der Waals surface area (Å²) in [6.45, 7) is 5.69. The second-order valence-electron chi connectivity index (χ2n) is 6.78. The van der Waals surface area contributed by atoms with Crippen LogP contribution in [0.3, 0.4) is 0 Å². The van der Waals surface area contributed by atoms with Crippen LogP contribution in [0.4, 0.5) is 0 Å². The quantitative estimate of drug-likeness (QED) is 0.362. The zero-order valence-corrected chi connectivity index (χ0v) is 14.2. The van der Waals surface area contributed by atoms with Gasteiger partial charge in [0, 0.05) is 12.6 Å². The zero-order chi connectivity index (χ0) is 14.5. The van der Waals surface area contributed by atoms with Crippen molar-refractivity contribution in [2.45, 2.75) is 110 Å². The van der Waals surface area contributed by atoms with E-state index in [4.69, 9.17) is 5.32 Å². The molecule has 1 atom stereocenters. The smallest absolute Gasteiger partial charge is 0.0274 e. The van der Waals surface area contributed by atoms with Gasteiger partial charge < -0.3 is 0 Å². The van der Waals surface area contributed by atoms with Crippen molar-refractivity contribution in [3.63, 3.8) is 0 Å². The van der Waals surface area contributed by atoms with E-state index < -0.39 is 0 Å². The van der Waals surface area contributed by atoms with Gasteiger partial charge in [0.05, 0.1) is 0 Å². The van der Waals surface area contributed by atoms with E-state index in [1.54, 1.807) is 0 Å². The molecule has 0 aromatic rings. The van der Waals surface area contributed by atoms with Gasteiger partial charge in [-0.15, -0.1) is 0 Å². The summed E-state index contributed by atoms with van der Waals surface area (Å²) in [6.07, 6.45) is 19.8. The van der Waals surface area contributed by atoms with Crippen molar-refractivity contribution >= 4 is 0 Å². The number of nitrogens with zero attached hydrogens (tertiary/aromatic N) is 1. The van der Waals surface area contributed by atoms with Gasteiger partial charge >= 0.3 is 0 Å². The van der Waals surface area contributed by atoms with Crippen LogP contribution in [0.25, 0.3) is 0 Å². The minimum Gasteiger partial charge on any atom is -0.238 e. The minimum atomic E-state index is 0.708. The highest BCUT2D eigenvalue weighted by atomic mass is 14.9. The van der Waals surface area contributed by atoms with E-state index in [-0.39, 0.29) is 0 Å². The van der Waals surface area contributed by atoms with E-state index in [0.717, 1.165) is 12.5 Å². The fraction of sp³-hybridized carbons (Fsp3) is 1.00. The maximum absolute atomic E-state index is 5.04. The molecule has 0 aromatic carbocycles. The average molecular weight is 281 g/mol. The van der Waals surface area contributed by atoms with Crippen LogP contribution in [0.5, 0.6) is 0 Å². The van der Waals surface area contributed by atoms with Crippen molar-refractivity contribution in [3.05, 3.63) is 0 Å². The number of rotatable bonds is 13. The third-order valence-corrected chi connectivity index (χ3v) is 4.92. The van der Waals surface area contributed by atoms with Crippen LogP contribution in [0.2, 0.25) is 0 Å². The lowest BCUT2D eigenvalue weighted by Gasteiger charge is -2.23. The third kappa shape index (κ3) is 8.29. The standard InChI is InChI=1S/C19H38N/c1-3-5-7-8-9-10-11-16-19(20-17-6-4-2)18-14-12-13-15-18/h18-19H,3-17H2,1-2H3. The summed E-state index contributed by atoms with van der Waals surface area (Å²) in [4.78, 5) is 0. The van der Waals surface area contributed by atoms with Crippen LogP contribution in [0.15, 0.2) is 0 Å². The first-order chi connectivity index (χ1) is 9.88. The molecule has 0 aromatic heterocycles. The maximum atomic E-state index is 5.04. The molecule has 0 amide bonds. The van der Waals surface area contributed by atoms with Crippen LogP contribution in [-0.2, 0) is 0 Å². The first-order valence-corrected chi connectivity index (χ1v) is 9.55. The molecule has 0 N–H and O–H groups in total. The van der Waals surface area contributed by atoms with Gasteiger partial charge in [-0.2, -0.15) is 0 Å². The van der Waals surface area contributed by atoms with Crippen LogP contribution >= 0.6 is 0 Å². The molecule has 1 unspecified atom stereocenters. The van der Waals surface area contributed by atoms with E-state index in [0.29, 0.717) is 6.04 Å². The fourth-order valence-electron chi connectivity index (χ4n) is 3.54. The SMILES string of the molecule is CCCCCCCCCC([N]CCCC)C1CCCC1. The number of hydrogen-bond donors (Lipinski definition) is 0. The minimum absolute atomic E-state index is 0.708. The Morgan fingerprint density at radius 2 is 1.40 bits per heavy atom. The summed E-state index contributed by atoms with van der Waals surface area (Å²) in [5.41, 5.74) is 0. The molecule has 0 aliphatic heterocycles. The number of hydrogen-bond acceptors (Lipinski definition) is 0. The molecule has 1 heteroatoms. The Kier molecular flexibility index (Phi) is 11.4. The summed E-state index contributed by atoms with van der Waals surface area (Å²) in [7, 11) is 0. The lowest BCUT2D eigenvalue weighted by atomic mass is 9.92. The second kappa shape index (κ2) is 12.7. The Balaban J connectivity index is 2.09.